The maximum Gasteiger partial charge on any atom is 0.340 e. The fourth-order valence-electron chi connectivity index (χ4n) is 1.14. The molecule has 0 radical (unpaired) electrons. The second-order valence-electron chi connectivity index (χ2n) is 3.15. The van der Waals surface area contributed by atoms with Crippen LogP contribution >= 0.6 is 0 Å². The smallest absolute Gasteiger partial charge is 0.340 e. The number of carbonyl (C=O) groups is 1. The molecule has 2 aromatic rings. The molecule has 18 heavy (non-hydrogen) atoms. The van der Waals surface area contributed by atoms with Gasteiger partial charge in [0.25, 0.3) is 10.0 Å². The van der Waals surface area contributed by atoms with Crippen molar-refractivity contribution in [3.63, 3.8) is 0 Å². The van der Waals surface area contributed by atoms with Crippen LogP contribution in [0.3, 0.4) is 0 Å². The van der Waals surface area contributed by atoms with E-state index in [2.05, 4.69) is 20.4 Å². The predicted molar refractivity (Wildman–Crippen MR) is 55.4 cm³/mol. The van der Waals surface area contributed by atoms with Crippen LogP contribution in [0.4, 0.5) is 6.01 Å². The molecule has 0 fully saturated rings. The Bertz CT molecular complexity index is 687. The van der Waals surface area contributed by atoms with Crippen LogP contribution in [0.2, 0.25) is 0 Å². The lowest BCUT2D eigenvalue weighted by Crippen LogP contribution is -2.16. The van der Waals surface area contributed by atoms with Crippen molar-refractivity contribution in [1.29, 1.82) is 0 Å². The molecule has 0 bridgehead atoms. The molecule has 0 aliphatic rings. The molecule has 0 atom stereocenters. The summed E-state index contributed by atoms with van der Waals surface area (Å²) in [5, 5.41) is 20.5. The summed E-state index contributed by atoms with van der Waals surface area (Å²) in [6.07, 6.45) is 0.885. The average molecular weight is 273 g/mol. The second-order valence-corrected chi connectivity index (χ2v) is 4.77. The van der Waals surface area contributed by atoms with E-state index in [0.29, 0.717) is 0 Å². The number of anilines is 1. The summed E-state index contributed by atoms with van der Waals surface area (Å²) >= 11 is 0. The minimum Gasteiger partial charge on any atom is -0.478 e. The van der Waals surface area contributed by atoms with E-state index < -0.39 is 26.6 Å². The Morgan fingerprint density at radius 3 is 2.78 bits per heavy atom. The van der Waals surface area contributed by atoms with Gasteiger partial charge in [-0.1, -0.05) is 5.10 Å². The zero-order valence-electron chi connectivity index (χ0n) is 8.91. The van der Waals surface area contributed by atoms with E-state index in [1.165, 1.54) is 6.92 Å². The Morgan fingerprint density at radius 1 is 1.50 bits per heavy atom. The van der Waals surface area contributed by atoms with E-state index in [4.69, 9.17) is 9.52 Å². The average Bonchev–Trinajstić information content (AvgIpc) is 2.86. The van der Waals surface area contributed by atoms with Gasteiger partial charge in [0.05, 0.1) is 6.20 Å². The molecule has 2 aromatic heterocycles. The number of hydrogen-bond acceptors (Lipinski definition) is 7. The third-order valence-corrected chi connectivity index (χ3v) is 3.14. The first-order chi connectivity index (χ1) is 8.40. The number of carboxylic acids is 1. The van der Waals surface area contributed by atoms with Crippen LogP contribution in [0.15, 0.2) is 15.6 Å². The van der Waals surface area contributed by atoms with Gasteiger partial charge >= 0.3 is 12.0 Å². The predicted octanol–water partition coefficient (Wildman–Crippen LogP) is -0.400. The first kappa shape index (κ1) is 12.0. The normalized spacial score (nSPS) is 11.4. The SMILES string of the molecule is Cc1nnc(NS(=O)(=O)c2[nH]ncc2C(=O)O)o1. The molecule has 0 unspecified atom stereocenters. The number of H-pyrrole nitrogens is 1. The second kappa shape index (κ2) is 4.10. The van der Waals surface area contributed by atoms with Gasteiger partial charge in [-0.25, -0.2) is 9.52 Å². The molecule has 3 N–H and O–H groups in total. The quantitative estimate of drug-likeness (QED) is 0.680. The zero-order valence-corrected chi connectivity index (χ0v) is 9.72. The number of nitrogens with one attached hydrogen (secondary N) is 2. The monoisotopic (exact) mass is 273 g/mol. The number of aryl methyl sites for hydroxylation is 1. The van der Waals surface area contributed by atoms with Crippen LogP contribution in [-0.4, -0.2) is 39.9 Å². The summed E-state index contributed by atoms with van der Waals surface area (Å²) in [5.41, 5.74) is -0.487. The first-order valence-electron chi connectivity index (χ1n) is 4.50. The molecule has 0 spiro atoms. The van der Waals surface area contributed by atoms with Gasteiger partial charge in [0.2, 0.25) is 5.89 Å². The van der Waals surface area contributed by atoms with E-state index in [0.717, 1.165) is 6.20 Å². The Hall–Kier alpha value is -2.43. The highest BCUT2D eigenvalue weighted by molar-refractivity contribution is 7.92. The molecular formula is C7H7N5O5S. The van der Waals surface area contributed by atoms with Gasteiger partial charge in [0.1, 0.15) is 5.56 Å². The maximum atomic E-state index is 11.8. The van der Waals surface area contributed by atoms with Crippen LogP contribution in [-0.2, 0) is 10.0 Å². The summed E-state index contributed by atoms with van der Waals surface area (Å²) in [7, 11) is -4.18. The number of hydrogen-bond donors (Lipinski definition) is 3. The Labute approximate surface area is 100 Å². The highest BCUT2D eigenvalue weighted by Gasteiger charge is 2.26. The Balaban J connectivity index is 2.37. The number of rotatable bonds is 4. The summed E-state index contributed by atoms with van der Waals surface area (Å²) in [6, 6.07) is -0.363. The van der Waals surface area contributed by atoms with Gasteiger partial charge in [-0.3, -0.25) is 5.10 Å². The Kier molecular flexibility index (Phi) is 2.74. The van der Waals surface area contributed by atoms with Crippen molar-refractivity contribution in [2.75, 3.05) is 4.72 Å². The van der Waals surface area contributed by atoms with Gasteiger partial charge in [0, 0.05) is 6.92 Å². The molecule has 2 heterocycles. The lowest BCUT2D eigenvalue weighted by Gasteiger charge is -2.01. The van der Waals surface area contributed by atoms with Crippen LogP contribution < -0.4 is 4.72 Å². The number of aromatic nitrogens is 4. The number of aromatic amines is 1. The lowest BCUT2D eigenvalue weighted by molar-refractivity contribution is 0.0692. The Morgan fingerprint density at radius 2 is 2.22 bits per heavy atom. The van der Waals surface area contributed by atoms with Crippen molar-refractivity contribution < 1.29 is 22.7 Å². The molecular weight excluding hydrogens is 266 g/mol. The summed E-state index contributed by atoms with van der Waals surface area (Å²) in [6.45, 7) is 1.48. The lowest BCUT2D eigenvalue weighted by atomic mass is 10.4. The van der Waals surface area contributed by atoms with Crippen LogP contribution in [0.5, 0.6) is 0 Å². The minimum absolute atomic E-state index is 0.163. The largest absolute Gasteiger partial charge is 0.478 e. The van der Waals surface area contributed by atoms with E-state index in [9.17, 15) is 13.2 Å². The fourth-order valence-corrected chi connectivity index (χ4v) is 2.15. The number of aromatic carboxylic acids is 1. The van der Waals surface area contributed by atoms with Gasteiger partial charge in [-0.05, 0) is 0 Å². The number of nitrogens with zero attached hydrogens (tertiary/aromatic N) is 3. The van der Waals surface area contributed by atoms with Crippen molar-refractivity contribution in [1.82, 2.24) is 20.4 Å². The third-order valence-electron chi connectivity index (χ3n) is 1.85. The van der Waals surface area contributed by atoms with E-state index in [1.807, 2.05) is 4.72 Å². The zero-order chi connectivity index (χ0) is 13.3. The van der Waals surface area contributed by atoms with Gasteiger partial charge < -0.3 is 9.52 Å². The first-order valence-corrected chi connectivity index (χ1v) is 5.98. The summed E-state index contributed by atoms with van der Waals surface area (Å²) in [4.78, 5) is 10.8. The molecule has 10 nitrogen and oxygen atoms in total. The van der Waals surface area contributed by atoms with Crippen LogP contribution in [0, 0.1) is 6.92 Å². The topological polar surface area (TPSA) is 151 Å². The third kappa shape index (κ3) is 2.15. The van der Waals surface area contributed by atoms with Crippen molar-refractivity contribution in [2.45, 2.75) is 11.9 Å². The number of sulfonamides is 1. The molecule has 0 saturated carbocycles. The van der Waals surface area contributed by atoms with Crippen molar-refractivity contribution in [3.05, 3.63) is 17.7 Å². The highest BCUT2D eigenvalue weighted by atomic mass is 32.2. The molecule has 2 rings (SSSR count). The molecule has 0 saturated heterocycles. The van der Waals surface area contributed by atoms with E-state index in [1.54, 1.807) is 0 Å². The van der Waals surface area contributed by atoms with Gasteiger partial charge in [-0.2, -0.15) is 13.5 Å². The molecule has 0 amide bonds. The van der Waals surface area contributed by atoms with Crippen molar-refractivity contribution in [3.8, 4) is 0 Å². The molecule has 96 valence electrons. The van der Waals surface area contributed by atoms with Gasteiger partial charge in [-0.15, -0.1) is 5.10 Å². The maximum absolute atomic E-state index is 11.8. The van der Waals surface area contributed by atoms with Crippen LogP contribution in [0.25, 0.3) is 0 Å². The molecule has 0 aliphatic heterocycles. The molecule has 11 heteroatoms. The molecule has 0 aliphatic carbocycles. The van der Waals surface area contributed by atoms with Crippen LogP contribution in [0.1, 0.15) is 16.2 Å². The van der Waals surface area contributed by atoms with Gasteiger partial charge in [0.15, 0.2) is 5.03 Å². The fraction of sp³-hybridized carbons (Fsp3) is 0.143. The minimum atomic E-state index is -4.18. The summed E-state index contributed by atoms with van der Waals surface area (Å²) in [5.74, 6) is -1.26. The van der Waals surface area contributed by atoms with E-state index in [-0.39, 0.29) is 11.9 Å². The standard InChI is InChI=1S/C7H7N5O5S/c1-3-9-11-7(17-3)12-18(15,16)5-4(6(13)14)2-8-10-5/h2H,1H3,(H,8,10)(H,11,12)(H,13,14). The van der Waals surface area contributed by atoms with E-state index >= 15 is 0 Å². The number of carboxylic acid groups (broad SMARTS) is 1. The van der Waals surface area contributed by atoms with Crippen molar-refractivity contribution in [2.24, 2.45) is 0 Å². The summed E-state index contributed by atoms with van der Waals surface area (Å²) < 4.78 is 30.4. The highest BCUT2D eigenvalue weighted by Crippen LogP contribution is 2.16. The molecule has 0 aromatic carbocycles. The van der Waals surface area contributed by atoms with Crippen molar-refractivity contribution >= 4 is 22.0 Å².